The van der Waals surface area contributed by atoms with E-state index in [1.54, 1.807) is 30.2 Å². The zero-order valence-electron chi connectivity index (χ0n) is 11.8. The highest BCUT2D eigenvalue weighted by Gasteiger charge is 2.14. The minimum atomic E-state index is 0.0394. The van der Waals surface area contributed by atoms with Gasteiger partial charge in [-0.25, -0.2) is 4.68 Å². The van der Waals surface area contributed by atoms with Crippen LogP contribution < -0.4 is 10.6 Å². The molecule has 2 aromatic rings. The van der Waals surface area contributed by atoms with Crippen LogP contribution in [0.15, 0.2) is 18.5 Å². The Morgan fingerprint density at radius 2 is 2.00 bits per heavy atom. The summed E-state index contributed by atoms with van der Waals surface area (Å²) in [6, 6.07) is 1.84. The first kappa shape index (κ1) is 14.2. The molecule has 0 saturated carbocycles. The molecule has 0 bridgehead atoms. The molecule has 0 aliphatic carbocycles. The van der Waals surface area contributed by atoms with Gasteiger partial charge in [-0.15, -0.1) is 0 Å². The third kappa shape index (κ3) is 3.21. The summed E-state index contributed by atoms with van der Waals surface area (Å²) in [5.74, 6) is 1.43. The minimum Gasteiger partial charge on any atom is -0.396 e. The number of hydrogen-bond donors (Lipinski definition) is 3. The molecule has 20 heavy (non-hydrogen) atoms. The van der Waals surface area contributed by atoms with Crippen molar-refractivity contribution in [2.75, 3.05) is 24.3 Å². The fraction of sp³-hybridized carbons (Fsp3) is 0.500. The van der Waals surface area contributed by atoms with Crippen LogP contribution in [-0.2, 0) is 0 Å². The highest BCUT2D eigenvalue weighted by molar-refractivity contribution is 5.37. The number of nitrogens with zero attached hydrogens (tertiary/aromatic N) is 5. The molecule has 8 heteroatoms. The van der Waals surface area contributed by atoms with E-state index >= 15 is 0 Å². The van der Waals surface area contributed by atoms with Crippen molar-refractivity contribution in [3.05, 3.63) is 18.5 Å². The molecule has 0 aliphatic rings. The van der Waals surface area contributed by atoms with Crippen molar-refractivity contribution in [1.82, 2.24) is 24.7 Å². The molecule has 108 valence electrons. The van der Waals surface area contributed by atoms with Crippen molar-refractivity contribution >= 4 is 11.9 Å². The van der Waals surface area contributed by atoms with Crippen LogP contribution in [0.4, 0.5) is 11.9 Å². The van der Waals surface area contributed by atoms with Crippen molar-refractivity contribution in [1.29, 1.82) is 0 Å². The second-order valence-corrected chi connectivity index (χ2v) is 4.58. The van der Waals surface area contributed by atoms with Crippen LogP contribution in [0.2, 0.25) is 0 Å². The second kappa shape index (κ2) is 6.29. The van der Waals surface area contributed by atoms with Gasteiger partial charge in [-0.1, -0.05) is 6.92 Å². The molecule has 0 fully saturated rings. The standard InChI is InChI=1S/C12H19N7O/c1-8(7-20)9(2)15-11-16-10(13-3)17-12(18-11)19-6-4-5-14-19/h4-6,8-9,20H,7H2,1-3H3,(H2,13,15,16,17,18). The second-order valence-electron chi connectivity index (χ2n) is 4.58. The molecular formula is C12H19N7O. The Morgan fingerprint density at radius 3 is 2.60 bits per heavy atom. The number of aromatic nitrogens is 5. The summed E-state index contributed by atoms with van der Waals surface area (Å²) in [5, 5.41) is 19.3. The maximum atomic E-state index is 9.17. The van der Waals surface area contributed by atoms with E-state index in [1.165, 1.54) is 0 Å². The average Bonchev–Trinajstić information content (AvgIpc) is 3.00. The summed E-state index contributed by atoms with van der Waals surface area (Å²) in [5.41, 5.74) is 0. The summed E-state index contributed by atoms with van der Waals surface area (Å²) < 4.78 is 1.56. The monoisotopic (exact) mass is 277 g/mol. The molecule has 3 N–H and O–H groups in total. The Bertz CT molecular complexity index is 543. The van der Waals surface area contributed by atoms with Gasteiger partial charge in [0.15, 0.2) is 0 Å². The van der Waals surface area contributed by atoms with Gasteiger partial charge in [-0.05, 0) is 18.9 Å². The average molecular weight is 277 g/mol. The van der Waals surface area contributed by atoms with Gasteiger partial charge in [0.1, 0.15) is 0 Å². The van der Waals surface area contributed by atoms with E-state index in [0.29, 0.717) is 17.8 Å². The lowest BCUT2D eigenvalue weighted by Gasteiger charge is -2.19. The third-order valence-electron chi connectivity index (χ3n) is 3.05. The maximum absolute atomic E-state index is 9.17. The SMILES string of the molecule is CNc1nc(NC(C)C(C)CO)nc(-n2cccn2)n1. The summed E-state index contributed by atoms with van der Waals surface area (Å²) in [7, 11) is 1.74. The Kier molecular flexibility index (Phi) is 4.46. The van der Waals surface area contributed by atoms with Crippen molar-refractivity contribution in [3.63, 3.8) is 0 Å². The van der Waals surface area contributed by atoms with Crippen molar-refractivity contribution in [2.45, 2.75) is 19.9 Å². The fourth-order valence-corrected chi connectivity index (χ4v) is 1.53. The molecule has 2 rings (SSSR count). The van der Waals surface area contributed by atoms with Crippen LogP contribution in [-0.4, -0.2) is 49.5 Å². The lowest BCUT2D eigenvalue weighted by Crippen LogP contribution is -2.27. The molecule has 0 saturated heterocycles. The van der Waals surface area contributed by atoms with E-state index in [4.69, 9.17) is 5.11 Å². The first-order chi connectivity index (χ1) is 9.63. The predicted molar refractivity (Wildman–Crippen MR) is 75.8 cm³/mol. The maximum Gasteiger partial charge on any atom is 0.257 e. The number of rotatable bonds is 6. The van der Waals surface area contributed by atoms with Crippen molar-refractivity contribution in [2.24, 2.45) is 5.92 Å². The molecule has 2 unspecified atom stereocenters. The first-order valence-corrected chi connectivity index (χ1v) is 6.45. The number of nitrogens with one attached hydrogen (secondary N) is 2. The first-order valence-electron chi connectivity index (χ1n) is 6.45. The fourth-order valence-electron chi connectivity index (χ4n) is 1.53. The van der Waals surface area contributed by atoms with Crippen LogP contribution >= 0.6 is 0 Å². The van der Waals surface area contributed by atoms with Gasteiger partial charge in [0.05, 0.1) is 0 Å². The van der Waals surface area contributed by atoms with E-state index in [0.717, 1.165) is 0 Å². The lowest BCUT2D eigenvalue weighted by atomic mass is 10.1. The molecule has 0 radical (unpaired) electrons. The van der Waals surface area contributed by atoms with Crippen molar-refractivity contribution < 1.29 is 5.11 Å². The lowest BCUT2D eigenvalue weighted by molar-refractivity contribution is 0.226. The summed E-state index contributed by atoms with van der Waals surface area (Å²) >= 11 is 0. The van der Waals surface area contributed by atoms with E-state index < -0.39 is 0 Å². The van der Waals surface area contributed by atoms with Crippen LogP contribution in [0, 0.1) is 5.92 Å². The molecule has 2 heterocycles. The normalized spacial score (nSPS) is 13.8. The largest absolute Gasteiger partial charge is 0.396 e. The van der Waals surface area contributed by atoms with E-state index in [2.05, 4.69) is 30.7 Å². The Morgan fingerprint density at radius 1 is 1.25 bits per heavy atom. The number of aliphatic hydroxyl groups excluding tert-OH is 1. The summed E-state index contributed by atoms with van der Waals surface area (Å²) in [4.78, 5) is 12.8. The van der Waals surface area contributed by atoms with Gasteiger partial charge >= 0.3 is 0 Å². The topological polar surface area (TPSA) is 101 Å². The molecule has 8 nitrogen and oxygen atoms in total. The molecule has 0 aliphatic heterocycles. The highest BCUT2D eigenvalue weighted by Crippen LogP contribution is 2.12. The van der Waals surface area contributed by atoms with E-state index in [1.807, 2.05) is 13.8 Å². The number of aliphatic hydroxyl groups is 1. The van der Waals surface area contributed by atoms with Gasteiger partial charge in [0.25, 0.3) is 5.95 Å². The summed E-state index contributed by atoms with van der Waals surface area (Å²) in [6.07, 6.45) is 3.42. The molecule has 0 amide bonds. The van der Waals surface area contributed by atoms with Gasteiger partial charge in [0, 0.05) is 32.1 Å². The van der Waals surface area contributed by atoms with Gasteiger partial charge in [-0.2, -0.15) is 20.1 Å². The minimum absolute atomic E-state index is 0.0394. The van der Waals surface area contributed by atoms with Gasteiger partial charge < -0.3 is 15.7 Å². The molecule has 2 aromatic heterocycles. The van der Waals surface area contributed by atoms with Crippen molar-refractivity contribution in [3.8, 4) is 5.95 Å². The van der Waals surface area contributed by atoms with Crippen LogP contribution in [0.5, 0.6) is 0 Å². The smallest absolute Gasteiger partial charge is 0.257 e. The number of hydrogen-bond acceptors (Lipinski definition) is 7. The van der Waals surface area contributed by atoms with E-state index in [-0.39, 0.29) is 18.6 Å². The van der Waals surface area contributed by atoms with E-state index in [9.17, 15) is 0 Å². The predicted octanol–water partition coefficient (Wildman–Crippen LogP) is 0.528. The molecule has 0 spiro atoms. The zero-order chi connectivity index (χ0) is 14.5. The molecule has 2 atom stereocenters. The van der Waals surface area contributed by atoms with Crippen LogP contribution in [0.1, 0.15) is 13.8 Å². The number of anilines is 2. The summed E-state index contributed by atoms with van der Waals surface area (Å²) in [6.45, 7) is 4.02. The quantitative estimate of drug-likeness (QED) is 0.708. The van der Waals surface area contributed by atoms with Gasteiger partial charge in [-0.3, -0.25) is 0 Å². The molecule has 0 aromatic carbocycles. The van der Waals surface area contributed by atoms with Gasteiger partial charge in [0.2, 0.25) is 11.9 Å². The van der Waals surface area contributed by atoms with Crippen LogP contribution in [0.25, 0.3) is 5.95 Å². The Hall–Kier alpha value is -2.22. The highest BCUT2D eigenvalue weighted by atomic mass is 16.3. The zero-order valence-corrected chi connectivity index (χ0v) is 11.8. The molecular weight excluding hydrogens is 258 g/mol. The Labute approximate surface area is 117 Å². The Balaban J connectivity index is 2.27. The third-order valence-corrected chi connectivity index (χ3v) is 3.05. The van der Waals surface area contributed by atoms with Crippen LogP contribution in [0.3, 0.4) is 0 Å².